The Labute approximate surface area is 130 Å². The number of carbonyl (C=O) groups excluding carboxylic acids is 1. The van der Waals surface area contributed by atoms with Crippen molar-refractivity contribution < 1.29 is 9.53 Å². The van der Waals surface area contributed by atoms with E-state index in [1.165, 1.54) is 0 Å². The van der Waals surface area contributed by atoms with Crippen molar-refractivity contribution in [3.05, 3.63) is 48.3 Å². The van der Waals surface area contributed by atoms with Gasteiger partial charge in [-0.05, 0) is 57.2 Å². The third-order valence-corrected chi connectivity index (χ3v) is 2.87. The summed E-state index contributed by atoms with van der Waals surface area (Å²) >= 11 is 0. The molecule has 0 radical (unpaired) electrons. The number of amides is 1. The lowest BCUT2D eigenvalue weighted by Crippen LogP contribution is -2.15. The summed E-state index contributed by atoms with van der Waals surface area (Å²) in [4.78, 5) is 16.3. The molecule has 5 heteroatoms. The van der Waals surface area contributed by atoms with Crippen molar-refractivity contribution in [1.29, 1.82) is 0 Å². The maximum Gasteiger partial charge on any atom is 0.274 e. The van der Waals surface area contributed by atoms with E-state index >= 15 is 0 Å². The fourth-order valence-electron chi connectivity index (χ4n) is 1.97. The first-order valence-corrected chi connectivity index (χ1v) is 7.35. The van der Waals surface area contributed by atoms with Crippen LogP contribution in [0, 0.1) is 0 Å². The van der Waals surface area contributed by atoms with Crippen LogP contribution in [0.3, 0.4) is 0 Å². The van der Waals surface area contributed by atoms with Crippen molar-refractivity contribution in [3.63, 3.8) is 0 Å². The predicted octanol–water partition coefficient (Wildman–Crippen LogP) is 3.55. The van der Waals surface area contributed by atoms with Crippen LogP contribution in [0.1, 0.15) is 31.3 Å². The average molecular weight is 299 g/mol. The van der Waals surface area contributed by atoms with Crippen LogP contribution in [0.25, 0.3) is 0 Å². The molecule has 0 aliphatic rings. The predicted molar refractivity (Wildman–Crippen MR) is 88.6 cm³/mol. The molecule has 1 aromatic carbocycles. The zero-order valence-electron chi connectivity index (χ0n) is 13.1. The second-order valence-electron chi connectivity index (χ2n) is 5.14. The van der Waals surface area contributed by atoms with Gasteiger partial charge in [0, 0.05) is 23.6 Å². The van der Waals surface area contributed by atoms with Crippen LogP contribution in [-0.2, 0) is 0 Å². The molecule has 0 atom stereocenters. The van der Waals surface area contributed by atoms with Crippen LogP contribution in [0.4, 0.5) is 11.4 Å². The molecule has 0 spiro atoms. The Balaban J connectivity index is 2.05. The summed E-state index contributed by atoms with van der Waals surface area (Å²) in [6.07, 6.45) is 1.62. The number of carbonyl (C=O) groups is 1. The number of pyridine rings is 1. The molecule has 2 N–H and O–H groups in total. The molecule has 0 aliphatic heterocycles. The molecule has 2 rings (SSSR count). The van der Waals surface area contributed by atoms with Crippen molar-refractivity contribution in [1.82, 2.24) is 4.98 Å². The molecule has 2 aromatic rings. The Bertz CT molecular complexity index is 624. The van der Waals surface area contributed by atoms with Gasteiger partial charge in [-0.1, -0.05) is 0 Å². The maximum absolute atomic E-state index is 12.2. The van der Waals surface area contributed by atoms with E-state index in [1.807, 2.05) is 39.0 Å². The highest BCUT2D eigenvalue weighted by molar-refractivity contribution is 6.03. The average Bonchev–Trinajstić information content (AvgIpc) is 2.49. The van der Waals surface area contributed by atoms with Gasteiger partial charge in [-0.3, -0.25) is 9.78 Å². The Morgan fingerprint density at radius 3 is 2.55 bits per heavy atom. The summed E-state index contributed by atoms with van der Waals surface area (Å²) in [5.74, 6) is 0.540. The zero-order chi connectivity index (χ0) is 15.9. The summed E-state index contributed by atoms with van der Waals surface area (Å²) < 4.78 is 5.37. The molecule has 0 aliphatic carbocycles. The third kappa shape index (κ3) is 4.48. The topological polar surface area (TPSA) is 63.2 Å². The lowest BCUT2D eigenvalue weighted by molar-refractivity contribution is 0.102. The fourth-order valence-corrected chi connectivity index (χ4v) is 1.97. The number of hydrogen-bond acceptors (Lipinski definition) is 4. The Morgan fingerprint density at radius 2 is 1.91 bits per heavy atom. The highest BCUT2D eigenvalue weighted by Gasteiger charge is 2.09. The van der Waals surface area contributed by atoms with Gasteiger partial charge in [0.2, 0.25) is 0 Å². The van der Waals surface area contributed by atoms with Crippen molar-refractivity contribution in [2.45, 2.75) is 26.8 Å². The van der Waals surface area contributed by atoms with Crippen LogP contribution < -0.4 is 15.4 Å². The number of rotatable bonds is 6. The van der Waals surface area contributed by atoms with Crippen LogP contribution in [0.2, 0.25) is 0 Å². The number of aromatic nitrogens is 1. The minimum Gasteiger partial charge on any atom is -0.494 e. The van der Waals surface area contributed by atoms with Crippen LogP contribution in [0.5, 0.6) is 5.75 Å². The van der Waals surface area contributed by atoms with E-state index in [9.17, 15) is 4.79 Å². The normalized spacial score (nSPS) is 10.4. The zero-order valence-corrected chi connectivity index (χ0v) is 13.1. The molecule has 0 fully saturated rings. The van der Waals surface area contributed by atoms with E-state index in [0.717, 1.165) is 11.4 Å². The number of nitrogens with one attached hydrogen (secondary N) is 2. The first-order chi connectivity index (χ1) is 10.6. The first-order valence-electron chi connectivity index (χ1n) is 7.35. The van der Waals surface area contributed by atoms with Gasteiger partial charge >= 0.3 is 0 Å². The Morgan fingerprint density at radius 1 is 1.18 bits per heavy atom. The number of anilines is 2. The number of benzene rings is 1. The second-order valence-corrected chi connectivity index (χ2v) is 5.14. The van der Waals surface area contributed by atoms with Crippen LogP contribution in [-0.4, -0.2) is 23.5 Å². The fraction of sp³-hybridized carbons (Fsp3) is 0.294. The standard InChI is InChI=1S/C17H21N3O2/c1-4-22-15-7-5-13(6-8-15)20-17(21)16-11-14(9-10-18-16)19-12(2)3/h5-12H,4H2,1-3H3,(H,18,19)(H,20,21). The van der Waals surface area contributed by atoms with E-state index in [4.69, 9.17) is 4.74 Å². The number of nitrogens with zero attached hydrogens (tertiary/aromatic N) is 1. The van der Waals surface area contributed by atoms with E-state index in [1.54, 1.807) is 24.4 Å². The SMILES string of the molecule is CCOc1ccc(NC(=O)c2cc(NC(C)C)ccn2)cc1. The summed E-state index contributed by atoms with van der Waals surface area (Å²) in [6, 6.07) is 11.1. The highest BCUT2D eigenvalue weighted by atomic mass is 16.5. The van der Waals surface area contributed by atoms with Crippen molar-refractivity contribution in [3.8, 4) is 5.75 Å². The number of hydrogen-bond donors (Lipinski definition) is 2. The molecule has 1 heterocycles. The van der Waals surface area contributed by atoms with Crippen molar-refractivity contribution in [2.24, 2.45) is 0 Å². The maximum atomic E-state index is 12.2. The molecule has 0 saturated heterocycles. The summed E-state index contributed by atoms with van der Waals surface area (Å²) in [6.45, 7) is 6.63. The van der Waals surface area contributed by atoms with Gasteiger partial charge in [0.15, 0.2) is 0 Å². The minimum atomic E-state index is -0.239. The van der Waals surface area contributed by atoms with Crippen LogP contribution in [0.15, 0.2) is 42.6 Å². The molecule has 0 unspecified atom stereocenters. The van der Waals surface area contributed by atoms with E-state index < -0.39 is 0 Å². The summed E-state index contributed by atoms with van der Waals surface area (Å²) in [7, 11) is 0. The van der Waals surface area contributed by atoms with Gasteiger partial charge in [0.25, 0.3) is 5.91 Å². The summed E-state index contributed by atoms with van der Waals surface area (Å²) in [5, 5.41) is 6.07. The molecule has 1 amide bonds. The van der Waals surface area contributed by atoms with E-state index in [2.05, 4.69) is 15.6 Å². The van der Waals surface area contributed by atoms with Crippen molar-refractivity contribution in [2.75, 3.05) is 17.2 Å². The second kappa shape index (κ2) is 7.45. The lowest BCUT2D eigenvalue weighted by atomic mass is 10.2. The smallest absolute Gasteiger partial charge is 0.274 e. The van der Waals surface area contributed by atoms with Gasteiger partial charge < -0.3 is 15.4 Å². The van der Waals surface area contributed by atoms with Gasteiger partial charge in [0.05, 0.1) is 6.61 Å². The molecular formula is C17H21N3O2. The lowest BCUT2D eigenvalue weighted by Gasteiger charge is -2.11. The molecule has 1 aromatic heterocycles. The molecule has 116 valence electrons. The van der Waals surface area contributed by atoms with E-state index in [0.29, 0.717) is 24.0 Å². The molecular weight excluding hydrogens is 278 g/mol. The van der Waals surface area contributed by atoms with Crippen LogP contribution >= 0.6 is 0 Å². The first kappa shape index (κ1) is 15.8. The van der Waals surface area contributed by atoms with Gasteiger partial charge in [-0.15, -0.1) is 0 Å². The molecule has 22 heavy (non-hydrogen) atoms. The molecule has 0 bridgehead atoms. The quantitative estimate of drug-likeness (QED) is 0.856. The molecule has 0 saturated carbocycles. The largest absolute Gasteiger partial charge is 0.494 e. The van der Waals surface area contributed by atoms with E-state index in [-0.39, 0.29) is 5.91 Å². The summed E-state index contributed by atoms with van der Waals surface area (Å²) in [5.41, 5.74) is 1.96. The third-order valence-electron chi connectivity index (χ3n) is 2.87. The highest BCUT2D eigenvalue weighted by Crippen LogP contribution is 2.17. The van der Waals surface area contributed by atoms with Crippen molar-refractivity contribution >= 4 is 17.3 Å². The van der Waals surface area contributed by atoms with Gasteiger partial charge in [0.1, 0.15) is 11.4 Å². The molecule has 5 nitrogen and oxygen atoms in total. The Kier molecular flexibility index (Phi) is 5.36. The number of ether oxygens (including phenoxy) is 1. The minimum absolute atomic E-state index is 0.239. The Hall–Kier alpha value is -2.56. The van der Waals surface area contributed by atoms with Gasteiger partial charge in [-0.2, -0.15) is 0 Å². The van der Waals surface area contributed by atoms with Gasteiger partial charge in [-0.25, -0.2) is 0 Å². The monoisotopic (exact) mass is 299 g/mol.